The zero-order valence-corrected chi connectivity index (χ0v) is 12.4. The van der Waals surface area contributed by atoms with Crippen LogP contribution in [-0.4, -0.2) is 12.5 Å². The molecule has 0 radical (unpaired) electrons. The largest absolute Gasteiger partial charge is 0.416 e. The van der Waals surface area contributed by atoms with Gasteiger partial charge in [0.2, 0.25) is 0 Å². The quantitative estimate of drug-likeness (QED) is 0.828. The van der Waals surface area contributed by atoms with Gasteiger partial charge in [0, 0.05) is 6.54 Å². The normalized spacial score (nSPS) is 12.6. The van der Waals surface area contributed by atoms with E-state index in [4.69, 9.17) is 0 Å². The average Bonchev–Trinajstić information content (AvgIpc) is 2.35. The predicted octanol–water partition coefficient (Wildman–Crippen LogP) is 4.26. The van der Waals surface area contributed by atoms with Gasteiger partial charge in [-0.2, -0.15) is 13.2 Å². The fourth-order valence-electron chi connectivity index (χ4n) is 1.48. The van der Waals surface area contributed by atoms with E-state index in [1.54, 1.807) is 0 Å². The lowest BCUT2D eigenvalue weighted by atomic mass is 9.81. The summed E-state index contributed by atoms with van der Waals surface area (Å²) in [4.78, 5) is 11.9. The fourth-order valence-corrected chi connectivity index (χ4v) is 1.48. The molecule has 0 atom stereocenters. The van der Waals surface area contributed by atoms with E-state index < -0.39 is 29.0 Å². The van der Waals surface area contributed by atoms with Crippen LogP contribution in [0.1, 0.15) is 43.6 Å². The van der Waals surface area contributed by atoms with Crippen LogP contribution < -0.4 is 5.32 Å². The minimum Gasteiger partial charge on any atom is -0.351 e. The van der Waals surface area contributed by atoms with E-state index in [1.807, 2.05) is 27.7 Å². The molecule has 0 unspecified atom stereocenters. The second-order valence-electron chi connectivity index (χ2n) is 6.02. The highest BCUT2D eigenvalue weighted by molar-refractivity contribution is 5.94. The van der Waals surface area contributed by atoms with Gasteiger partial charge >= 0.3 is 6.18 Å². The lowest BCUT2D eigenvalue weighted by Crippen LogP contribution is -2.37. The Kier molecular flexibility index (Phi) is 5.02. The summed E-state index contributed by atoms with van der Waals surface area (Å²) in [6.45, 7) is 8.02. The van der Waals surface area contributed by atoms with Gasteiger partial charge in [-0.15, -0.1) is 0 Å². The summed E-state index contributed by atoms with van der Waals surface area (Å²) in [5.74, 6) is -1.56. The van der Waals surface area contributed by atoms with Crippen LogP contribution in [0.15, 0.2) is 18.2 Å². The highest BCUT2D eigenvalue weighted by Gasteiger charge is 2.32. The molecule has 118 valence electrons. The van der Waals surface area contributed by atoms with Gasteiger partial charge in [0.1, 0.15) is 5.82 Å². The monoisotopic (exact) mass is 305 g/mol. The van der Waals surface area contributed by atoms with E-state index in [0.717, 1.165) is 0 Å². The van der Waals surface area contributed by atoms with E-state index in [-0.39, 0.29) is 17.9 Å². The van der Waals surface area contributed by atoms with Crippen LogP contribution in [0.2, 0.25) is 0 Å². The van der Waals surface area contributed by atoms with Crippen molar-refractivity contribution in [2.24, 2.45) is 11.3 Å². The van der Waals surface area contributed by atoms with Gasteiger partial charge < -0.3 is 5.32 Å². The Morgan fingerprint density at radius 2 is 1.81 bits per heavy atom. The lowest BCUT2D eigenvalue weighted by Gasteiger charge is -2.29. The minimum absolute atomic E-state index is 0.242. The molecule has 0 bridgehead atoms. The first-order valence-corrected chi connectivity index (χ1v) is 6.60. The highest BCUT2D eigenvalue weighted by Crippen LogP contribution is 2.30. The zero-order chi connectivity index (χ0) is 16.4. The molecular weight excluding hydrogens is 286 g/mol. The number of hydrogen-bond acceptors (Lipinski definition) is 1. The Balaban J connectivity index is 2.93. The van der Waals surface area contributed by atoms with Crippen molar-refractivity contribution in [1.82, 2.24) is 5.32 Å². The minimum atomic E-state index is -4.61. The Hall–Kier alpha value is -1.59. The summed E-state index contributed by atoms with van der Waals surface area (Å²) in [6.07, 6.45) is -4.61. The Morgan fingerprint density at radius 1 is 1.24 bits per heavy atom. The Labute approximate surface area is 121 Å². The van der Waals surface area contributed by atoms with Crippen LogP contribution in [0.4, 0.5) is 17.6 Å². The summed E-state index contributed by atoms with van der Waals surface area (Å²) < 4.78 is 51.3. The second-order valence-corrected chi connectivity index (χ2v) is 6.02. The molecule has 0 spiro atoms. The molecular formula is C15H19F4NO. The highest BCUT2D eigenvalue weighted by atomic mass is 19.4. The summed E-state index contributed by atoms with van der Waals surface area (Å²) in [5.41, 5.74) is -1.88. The van der Waals surface area contributed by atoms with Gasteiger partial charge in [0.05, 0.1) is 11.1 Å². The molecule has 1 aromatic rings. The van der Waals surface area contributed by atoms with Gasteiger partial charge in [-0.1, -0.05) is 27.7 Å². The first-order valence-electron chi connectivity index (χ1n) is 6.60. The van der Waals surface area contributed by atoms with E-state index in [2.05, 4.69) is 5.32 Å². The molecule has 0 saturated heterocycles. The topological polar surface area (TPSA) is 29.1 Å². The van der Waals surface area contributed by atoms with Crippen LogP contribution >= 0.6 is 0 Å². The summed E-state index contributed by atoms with van der Waals surface area (Å²) in [7, 11) is 0. The molecule has 1 N–H and O–H groups in total. The van der Waals surface area contributed by atoms with Gasteiger partial charge in [0.25, 0.3) is 5.91 Å². The maximum Gasteiger partial charge on any atom is 0.416 e. The maximum atomic E-state index is 13.6. The number of halogens is 4. The molecule has 0 heterocycles. The number of rotatable bonds is 4. The zero-order valence-electron chi connectivity index (χ0n) is 12.4. The Bertz CT molecular complexity index is 521. The average molecular weight is 305 g/mol. The SMILES string of the molecule is CC(C)C(C)(C)CNC(=O)c1cc(C(F)(F)F)ccc1F. The number of amides is 1. The van der Waals surface area contributed by atoms with Crippen molar-refractivity contribution in [2.45, 2.75) is 33.9 Å². The van der Waals surface area contributed by atoms with Gasteiger partial charge in [-0.3, -0.25) is 4.79 Å². The van der Waals surface area contributed by atoms with E-state index >= 15 is 0 Å². The van der Waals surface area contributed by atoms with Crippen LogP contribution in [0.25, 0.3) is 0 Å². The van der Waals surface area contributed by atoms with Crippen molar-refractivity contribution in [1.29, 1.82) is 0 Å². The number of carbonyl (C=O) groups excluding carboxylic acids is 1. The van der Waals surface area contributed by atoms with Crippen LogP contribution in [-0.2, 0) is 6.18 Å². The first kappa shape index (κ1) is 17.5. The van der Waals surface area contributed by atoms with E-state index in [9.17, 15) is 22.4 Å². The van der Waals surface area contributed by atoms with Crippen molar-refractivity contribution in [3.63, 3.8) is 0 Å². The summed E-state index contributed by atoms with van der Waals surface area (Å²) in [6, 6.07) is 1.81. The molecule has 0 aliphatic rings. The molecule has 1 aromatic carbocycles. The molecule has 2 nitrogen and oxygen atoms in total. The number of benzene rings is 1. The Morgan fingerprint density at radius 3 is 2.29 bits per heavy atom. The maximum absolute atomic E-state index is 13.6. The van der Waals surface area contributed by atoms with Crippen molar-refractivity contribution in [3.8, 4) is 0 Å². The molecule has 6 heteroatoms. The van der Waals surface area contributed by atoms with Crippen molar-refractivity contribution in [2.75, 3.05) is 6.54 Å². The third-order valence-corrected chi connectivity index (χ3v) is 3.81. The first-order chi connectivity index (χ1) is 9.45. The van der Waals surface area contributed by atoms with Crippen LogP contribution in [0.3, 0.4) is 0 Å². The van der Waals surface area contributed by atoms with Gasteiger partial charge in [-0.25, -0.2) is 4.39 Å². The number of hydrogen-bond donors (Lipinski definition) is 1. The molecule has 0 fully saturated rings. The summed E-state index contributed by atoms with van der Waals surface area (Å²) >= 11 is 0. The molecule has 0 aliphatic carbocycles. The van der Waals surface area contributed by atoms with Crippen molar-refractivity contribution < 1.29 is 22.4 Å². The molecule has 1 rings (SSSR count). The molecule has 0 saturated carbocycles. The fraction of sp³-hybridized carbons (Fsp3) is 0.533. The van der Waals surface area contributed by atoms with E-state index in [0.29, 0.717) is 18.2 Å². The predicted molar refractivity (Wildman–Crippen MR) is 72.4 cm³/mol. The van der Waals surface area contributed by atoms with Crippen molar-refractivity contribution in [3.05, 3.63) is 35.1 Å². The van der Waals surface area contributed by atoms with Crippen LogP contribution in [0.5, 0.6) is 0 Å². The van der Waals surface area contributed by atoms with Gasteiger partial charge in [-0.05, 0) is 29.5 Å². The number of nitrogens with one attached hydrogen (secondary N) is 1. The smallest absolute Gasteiger partial charge is 0.351 e. The van der Waals surface area contributed by atoms with E-state index in [1.165, 1.54) is 0 Å². The molecule has 0 aliphatic heterocycles. The number of alkyl halides is 3. The number of carbonyl (C=O) groups is 1. The van der Waals surface area contributed by atoms with Crippen molar-refractivity contribution >= 4 is 5.91 Å². The second kappa shape index (κ2) is 6.03. The third-order valence-electron chi connectivity index (χ3n) is 3.81. The summed E-state index contributed by atoms with van der Waals surface area (Å²) in [5, 5.41) is 2.49. The molecule has 21 heavy (non-hydrogen) atoms. The van der Waals surface area contributed by atoms with Crippen LogP contribution in [0, 0.1) is 17.2 Å². The standard InChI is InChI=1S/C15H19F4NO/c1-9(2)14(3,4)8-20-13(21)11-7-10(15(17,18)19)5-6-12(11)16/h5-7,9H,8H2,1-4H3,(H,20,21). The molecule has 0 aromatic heterocycles. The van der Waals surface area contributed by atoms with Gasteiger partial charge in [0.15, 0.2) is 0 Å². The third kappa shape index (κ3) is 4.44. The molecule has 1 amide bonds. The lowest BCUT2D eigenvalue weighted by molar-refractivity contribution is -0.137.